The number of aromatic nitrogens is 3. The fourth-order valence-electron chi connectivity index (χ4n) is 3.28. The zero-order chi connectivity index (χ0) is 14.8. The molecular weight excluding hydrogens is 264 g/mol. The Morgan fingerprint density at radius 3 is 3.00 bits per heavy atom. The summed E-state index contributed by atoms with van der Waals surface area (Å²) in [5.74, 6) is 3.07. The molecule has 2 aliphatic rings. The standard InChI is InChI=1S/C16H24N4O/c1-11(2)16-19-18-14-8-7-13(10-20(14)16)17-15(21)9-12-5-3-4-6-12/h3,5,11-13H,4,6-10H2,1-2H3,(H,17,21)/t12-,13+/m1/s1. The van der Waals surface area contributed by atoms with Gasteiger partial charge in [0.1, 0.15) is 11.6 Å². The monoisotopic (exact) mass is 288 g/mol. The third kappa shape index (κ3) is 3.17. The number of allylic oxidation sites excluding steroid dienone is 2. The van der Waals surface area contributed by atoms with Gasteiger partial charge in [-0.05, 0) is 25.2 Å². The molecule has 0 bridgehead atoms. The third-order valence-corrected chi connectivity index (χ3v) is 4.42. The molecule has 0 saturated heterocycles. The summed E-state index contributed by atoms with van der Waals surface area (Å²) in [4.78, 5) is 12.2. The second-order valence-electron chi connectivity index (χ2n) is 6.51. The molecule has 114 valence electrons. The summed E-state index contributed by atoms with van der Waals surface area (Å²) >= 11 is 0. The predicted molar refractivity (Wildman–Crippen MR) is 80.8 cm³/mol. The molecule has 0 saturated carbocycles. The molecule has 2 heterocycles. The van der Waals surface area contributed by atoms with Gasteiger partial charge in [-0.15, -0.1) is 10.2 Å². The second kappa shape index (κ2) is 6.00. The van der Waals surface area contributed by atoms with Crippen molar-refractivity contribution >= 4 is 5.91 Å². The number of amides is 1. The zero-order valence-corrected chi connectivity index (χ0v) is 12.9. The summed E-state index contributed by atoms with van der Waals surface area (Å²) in [6.45, 7) is 5.07. The highest BCUT2D eigenvalue weighted by molar-refractivity contribution is 5.76. The maximum atomic E-state index is 12.2. The van der Waals surface area contributed by atoms with Crippen molar-refractivity contribution in [2.75, 3.05) is 0 Å². The van der Waals surface area contributed by atoms with Crippen molar-refractivity contribution < 1.29 is 4.79 Å². The number of hydrogen-bond donors (Lipinski definition) is 1. The van der Waals surface area contributed by atoms with Gasteiger partial charge < -0.3 is 9.88 Å². The van der Waals surface area contributed by atoms with Crippen LogP contribution in [0.15, 0.2) is 12.2 Å². The Balaban J connectivity index is 1.59. The van der Waals surface area contributed by atoms with E-state index in [1.54, 1.807) is 0 Å². The van der Waals surface area contributed by atoms with E-state index in [1.165, 1.54) is 0 Å². The van der Waals surface area contributed by atoms with Gasteiger partial charge in [0.2, 0.25) is 5.91 Å². The van der Waals surface area contributed by atoms with Crippen molar-refractivity contribution in [1.29, 1.82) is 0 Å². The van der Waals surface area contributed by atoms with E-state index >= 15 is 0 Å². The molecule has 0 unspecified atom stereocenters. The molecule has 2 atom stereocenters. The van der Waals surface area contributed by atoms with Crippen LogP contribution in [0.2, 0.25) is 0 Å². The van der Waals surface area contributed by atoms with Gasteiger partial charge in [-0.3, -0.25) is 4.79 Å². The lowest BCUT2D eigenvalue weighted by Gasteiger charge is -2.26. The minimum Gasteiger partial charge on any atom is -0.352 e. The first-order valence-corrected chi connectivity index (χ1v) is 8.01. The molecule has 0 radical (unpaired) electrons. The second-order valence-corrected chi connectivity index (χ2v) is 6.51. The first kappa shape index (κ1) is 14.3. The first-order chi connectivity index (χ1) is 10.1. The maximum absolute atomic E-state index is 12.2. The predicted octanol–water partition coefficient (Wildman–Crippen LogP) is 2.19. The fraction of sp³-hybridized carbons (Fsp3) is 0.688. The Labute approximate surface area is 125 Å². The molecule has 21 heavy (non-hydrogen) atoms. The average Bonchev–Trinajstić information content (AvgIpc) is 3.06. The number of nitrogens with one attached hydrogen (secondary N) is 1. The quantitative estimate of drug-likeness (QED) is 0.864. The Morgan fingerprint density at radius 2 is 2.29 bits per heavy atom. The molecule has 1 aromatic rings. The lowest BCUT2D eigenvalue weighted by atomic mass is 10.0. The largest absolute Gasteiger partial charge is 0.352 e. The van der Waals surface area contributed by atoms with Crippen LogP contribution >= 0.6 is 0 Å². The van der Waals surface area contributed by atoms with Crippen LogP contribution in [0.3, 0.4) is 0 Å². The molecule has 5 heteroatoms. The van der Waals surface area contributed by atoms with Gasteiger partial charge >= 0.3 is 0 Å². The smallest absolute Gasteiger partial charge is 0.220 e. The minimum atomic E-state index is 0.180. The summed E-state index contributed by atoms with van der Waals surface area (Å²) < 4.78 is 2.19. The van der Waals surface area contributed by atoms with E-state index in [4.69, 9.17) is 0 Å². The lowest BCUT2D eigenvalue weighted by Crippen LogP contribution is -2.41. The molecule has 1 aliphatic heterocycles. The SMILES string of the molecule is CC(C)c1nnc2n1C[C@@H](NC(=O)C[C@@H]1C=CCC1)CC2. The highest BCUT2D eigenvalue weighted by Crippen LogP contribution is 2.22. The van der Waals surface area contributed by atoms with Gasteiger partial charge in [0, 0.05) is 31.3 Å². The van der Waals surface area contributed by atoms with Crippen LogP contribution < -0.4 is 5.32 Å². The number of carbonyl (C=O) groups excluding carboxylic acids is 1. The Morgan fingerprint density at radius 1 is 1.43 bits per heavy atom. The zero-order valence-electron chi connectivity index (χ0n) is 12.9. The highest BCUT2D eigenvalue weighted by Gasteiger charge is 2.25. The van der Waals surface area contributed by atoms with Crippen LogP contribution in [0.5, 0.6) is 0 Å². The number of hydrogen-bond acceptors (Lipinski definition) is 3. The molecule has 1 amide bonds. The van der Waals surface area contributed by atoms with Crippen LogP contribution in [0.4, 0.5) is 0 Å². The molecule has 1 aliphatic carbocycles. The van der Waals surface area contributed by atoms with Gasteiger partial charge in [0.15, 0.2) is 0 Å². The van der Waals surface area contributed by atoms with Gasteiger partial charge in [-0.1, -0.05) is 26.0 Å². The van der Waals surface area contributed by atoms with E-state index in [0.717, 1.165) is 43.9 Å². The maximum Gasteiger partial charge on any atom is 0.220 e. The Kier molecular flexibility index (Phi) is 4.08. The van der Waals surface area contributed by atoms with E-state index in [9.17, 15) is 4.79 Å². The molecule has 0 aromatic carbocycles. The molecule has 1 N–H and O–H groups in total. The molecular formula is C16H24N4O. The van der Waals surface area contributed by atoms with Gasteiger partial charge in [0.25, 0.3) is 0 Å². The number of carbonyl (C=O) groups is 1. The first-order valence-electron chi connectivity index (χ1n) is 8.01. The van der Waals surface area contributed by atoms with Gasteiger partial charge in [-0.2, -0.15) is 0 Å². The van der Waals surface area contributed by atoms with Crippen molar-refractivity contribution in [3.8, 4) is 0 Å². The van der Waals surface area contributed by atoms with Crippen LogP contribution in [0.25, 0.3) is 0 Å². The summed E-state index contributed by atoms with van der Waals surface area (Å²) in [5, 5.41) is 11.7. The van der Waals surface area contributed by atoms with Crippen LogP contribution in [0, 0.1) is 5.92 Å². The highest BCUT2D eigenvalue weighted by atomic mass is 16.1. The van der Waals surface area contributed by atoms with E-state index < -0.39 is 0 Å². The van der Waals surface area contributed by atoms with Crippen molar-refractivity contribution in [3.05, 3.63) is 23.8 Å². The normalized spacial score (nSPS) is 24.3. The molecule has 3 rings (SSSR count). The Bertz CT molecular complexity index is 546. The fourth-order valence-corrected chi connectivity index (χ4v) is 3.28. The number of nitrogens with zero attached hydrogens (tertiary/aromatic N) is 3. The average molecular weight is 288 g/mol. The summed E-state index contributed by atoms with van der Waals surface area (Å²) in [6, 6.07) is 0.212. The van der Waals surface area contributed by atoms with E-state index in [2.05, 4.69) is 46.1 Å². The number of fused-ring (bicyclic) bond motifs is 1. The van der Waals surface area contributed by atoms with Crippen molar-refractivity contribution in [3.63, 3.8) is 0 Å². The molecule has 0 spiro atoms. The topological polar surface area (TPSA) is 59.8 Å². The lowest BCUT2D eigenvalue weighted by molar-refractivity contribution is -0.122. The summed E-state index contributed by atoms with van der Waals surface area (Å²) in [5.41, 5.74) is 0. The molecule has 0 fully saturated rings. The van der Waals surface area contributed by atoms with E-state index in [1.807, 2.05) is 0 Å². The van der Waals surface area contributed by atoms with Crippen molar-refractivity contribution in [2.45, 2.75) is 64.5 Å². The van der Waals surface area contributed by atoms with Crippen LogP contribution in [-0.4, -0.2) is 26.7 Å². The van der Waals surface area contributed by atoms with Gasteiger partial charge in [-0.25, -0.2) is 0 Å². The third-order valence-electron chi connectivity index (χ3n) is 4.42. The summed E-state index contributed by atoms with van der Waals surface area (Å²) in [6.07, 6.45) is 9.07. The van der Waals surface area contributed by atoms with Crippen LogP contribution in [0.1, 0.15) is 57.1 Å². The minimum absolute atomic E-state index is 0.180. The summed E-state index contributed by atoms with van der Waals surface area (Å²) in [7, 11) is 0. The van der Waals surface area contributed by atoms with Crippen molar-refractivity contribution in [1.82, 2.24) is 20.1 Å². The van der Waals surface area contributed by atoms with Gasteiger partial charge in [0.05, 0.1) is 0 Å². The van der Waals surface area contributed by atoms with E-state index in [-0.39, 0.29) is 11.9 Å². The van der Waals surface area contributed by atoms with E-state index in [0.29, 0.717) is 18.3 Å². The Hall–Kier alpha value is -1.65. The molecule has 5 nitrogen and oxygen atoms in total. The number of rotatable bonds is 4. The molecule has 1 aromatic heterocycles. The van der Waals surface area contributed by atoms with Crippen molar-refractivity contribution in [2.24, 2.45) is 5.92 Å². The van der Waals surface area contributed by atoms with Crippen LogP contribution in [-0.2, 0) is 17.8 Å². The number of aryl methyl sites for hydroxylation is 1.